The highest BCUT2D eigenvalue weighted by molar-refractivity contribution is 5.98. The number of carboxylic acids is 1. The molecule has 0 aliphatic heterocycles. The maximum absolute atomic E-state index is 12.3. The quantitative estimate of drug-likeness (QED) is 0.738. The Bertz CT molecular complexity index is 638. The first-order valence-corrected chi connectivity index (χ1v) is 8.83. The summed E-state index contributed by atoms with van der Waals surface area (Å²) in [5.74, 6) is -1.94. The molecule has 1 aromatic carbocycles. The first-order valence-electron chi connectivity index (χ1n) is 8.83. The van der Waals surface area contributed by atoms with Crippen molar-refractivity contribution in [1.29, 1.82) is 0 Å². The third-order valence-electron chi connectivity index (χ3n) is 4.87. The number of aliphatic carboxylic acids is 1. The normalized spacial score (nSPS) is 17.4. The van der Waals surface area contributed by atoms with Gasteiger partial charge in [-0.3, -0.25) is 14.4 Å². The number of carboxylic acid groups (broad SMARTS) is 1. The maximum atomic E-state index is 12.3. The highest BCUT2D eigenvalue weighted by Gasteiger charge is 2.23. The van der Waals surface area contributed by atoms with Gasteiger partial charge in [0.1, 0.15) is 0 Å². The third-order valence-corrected chi connectivity index (χ3v) is 4.87. The van der Waals surface area contributed by atoms with Gasteiger partial charge >= 0.3 is 5.97 Å². The Hall–Kier alpha value is -2.37. The van der Waals surface area contributed by atoms with E-state index in [1.807, 2.05) is 0 Å². The van der Waals surface area contributed by atoms with Crippen molar-refractivity contribution in [2.45, 2.75) is 52.0 Å². The van der Waals surface area contributed by atoms with Crippen molar-refractivity contribution >= 4 is 23.5 Å². The molecule has 3 N–H and O–H groups in total. The number of carbonyl (C=O) groups is 3. The van der Waals surface area contributed by atoms with Gasteiger partial charge in [-0.05, 0) is 44.9 Å². The molecule has 0 aromatic heterocycles. The van der Waals surface area contributed by atoms with Gasteiger partial charge in [0.2, 0.25) is 5.91 Å². The highest BCUT2D eigenvalue weighted by Crippen LogP contribution is 2.25. The Balaban J connectivity index is 1.99. The van der Waals surface area contributed by atoms with Crippen LogP contribution in [0.2, 0.25) is 0 Å². The molecule has 1 fully saturated rings. The summed E-state index contributed by atoms with van der Waals surface area (Å²) in [6.45, 7) is 3.21. The van der Waals surface area contributed by atoms with Crippen molar-refractivity contribution in [3.05, 3.63) is 29.8 Å². The van der Waals surface area contributed by atoms with E-state index in [0.717, 1.165) is 25.7 Å². The fourth-order valence-corrected chi connectivity index (χ4v) is 2.98. The number of hydrogen-bond acceptors (Lipinski definition) is 3. The van der Waals surface area contributed by atoms with E-state index in [4.69, 9.17) is 5.11 Å². The van der Waals surface area contributed by atoms with Crippen molar-refractivity contribution in [1.82, 2.24) is 5.32 Å². The van der Waals surface area contributed by atoms with Crippen molar-refractivity contribution in [3.63, 3.8) is 0 Å². The largest absolute Gasteiger partial charge is 0.481 e. The van der Waals surface area contributed by atoms with Crippen molar-refractivity contribution < 1.29 is 19.5 Å². The minimum atomic E-state index is -0.957. The van der Waals surface area contributed by atoms with Crippen LogP contribution in [0, 0.1) is 11.8 Å². The van der Waals surface area contributed by atoms with Crippen LogP contribution in [0.15, 0.2) is 24.3 Å². The van der Waals surface area contributed by atoms with Crippen LogP contribution in [0.5, 0.6) is 0 Å². The predicted octanol–water partition coefficient (Wildman–Crippen LogP) is 3.04. The van der Waals surface area contributed by atoms with Gasteiger partial charge in [-0.1, -0.05) is 25.3 Å². The van der Waals surface area contributed by atoms with E-state index >= 15 is 0 Å². The molecule has 2 atom stereocenters. The number of rotatable bonds is 6. The Morgan fingerprint density at radius 3 is 2.44 bits per heavy atom. The lowest BCUT2D eigenvalue weighted by atomic mass is 9.88. The van der Waals surface area contributed by atoms with Crippen LogP contribution in [0.1, 0.15) is 56.3 Å². The number of anilines is 1. The van der Waals surface area contributed by atoms with E-state index in [2.05, 4.69) is 10.6 Å². The zero-order valence-electron chi connectivity index (χ0n) is 14.7. The Morgan fingerprint density at radius 1 is 1.12 bits per heavy atom. The predicted molar refractivity (Wildman–Crippen MR) is 95.4 cm³/mol. The topological polar surface area (TPSA) is 95.5 Å². The maximum Gasteiger partial charge on any atom is 0.308 e. The summed E-state index contributed by atoms with van der Waals surface area (Å²) in [5, 5.41) is 14.6. The lowest BCUT2D eigenvalue weighted by Gasteiger charge is -2.21. The second kappa shape index (κ2) is 8.65. The van der Waals surface area contributed by atoms with Crippen molar-refractivity contribution in [3.8, 4) is 0 Å². The fourth-order valence-electron chi connectivity index (χ4n) is 2.98. The zero-order chi connectivity index (χ0) is 18.4. The summed E-state index contributed by atoms with van der Waals surface area (Å²) in [6.07, 6.45) is 5.18. The average molecular weight is 346 g/mol. The van der Waals surface area contributed by atoms with Gasteiger partial charge < -0.3 is 15.7 Å². The van der Waals surface area contributed by atoms with Gasteiger partial charge in [0.15, 0.2) is 0 Å². The number of amides is 2. The SMILES string of the molecule is CC(NC(=O)c1cccc(NC(=O)C2CCCCC2)c1)C(C)C(=O)O. The molecule has 1 saturated carbocycles. The third kappa shape index (κ3) is 5.31. The van der Waals surface area contributed by atoms with Crippen LogP contribution in [0.25, 0.3) is 0 Å². The standard InChI is InChI=1S/C19H26N2O4/c1-12(19(24)25)13(2)20-18(23)15-9-6-10-16(11-15)21-17(22)14-7-4-3-5-8-14/h6,9-14H,3-5,7-8H2,1-2H3,(H,20,23)(H,21,22)(H,24,25). The van der Waals surface area contributed by atoms with Crippen molar-refractivity contribution in [2.24, 2.45) is 11.8 Å². The molecule has 6 nitrogen and oxygen atoms in total. The van der Waals surface area contributed by atoms with Gasteiger partial charge in [0.05, 0.1) is 5.92 Å². The van der Waals surface area contributed by atoms with Crippen LogP contribution in [-0.4, -0.2) is 28.9 Å². The fraction of sp³-hybridized carbons (Fsp3) is 0.526. The second-order valence-corrected chi connectivity index (χ2v) is 6.79. The highest BCUT2D eigenvalue weighted by atomic mass is 16.4. The summed E-state index contributed by atoms with van der Waals surface area (Å²) < 4.78 is 0. The molecule has 6 heteroatoms. The Morgan fingerprint density at radius 2 is 1.80 bits per heavy atom. The smallest absolute Gasteiger partial charge is 0.308 e. The first-order chi connectivity index (χ1) is 11.9. The number of nitrogens with one attached hydrogen (secondary N) is 2. The molecule has 1 aromatic rings. The van der Waals surface area contributed by atoms with Gasteiger partial charge in [-0.15, -0.1) is 0 Å². The van der Waals surface area contributed by atoms with Gasteiger partial charge in [0.25, 0.3) is 5.91 Å². The minimum absolute atomic E-state index is 0.00475. The summed E-state index contributed by atoms with van der Waals surface area (Å²) in [6, 6.07) is 6.22. The van der Waals surface area contributed by atoms with E-state index in [-0.39, 0.29) is 17.7 Å². The average Bonchev–Trinajstić information content (AvgIpc) is 2.61. The van der Waals surface area contributed by atoms with Crippen molar-refractivity contribution in [2.75, 3.05) is 5.32 Å². The molecule has 0 radical (unpaired) electrons. The number of carbonyl (C=O) groups excluding carboxylic acids is 2. The van der Waals surface area contributed by atoms with Crippen LogP contribution in [0.4, 0.5) is 5.69 Å². The van der Waals surface area contributed by atoms with Crippen LogP contribution in [-0.2, 0) is 9.59 Å². The Labute approximate surface area is 148 Å². The molecule has 0 saturated heterocycles. The van der Waals surface area contributed by atoms with E-state index in [1.54, 1.807) is 38.1 Å². The van der Waals surface area contributed by atoms with Crippen LogP contribution >= 0.6 is 0 Å². The number of hydrogen-bond donors (Lipinski definition) is 3. The molecule has 1 aliphatic carbocycles. The van der Waals surface area contributed by atoms with Crippen LogP contribution in [0.3, 0.4) is 0 Å². The molecule has 0 bridgehead atoms. The van der Waals surface area contributed by atoms with Crippen LogP contribution < -0.4 is 10.6 Å². The monoisotopic (exact) mass is 346 g/mol. The molecule has 25 heavy (non-hydrogen) atoms. The molecule has 2 unspecified atom stereocenters. The first kappa shape index (κ1) is 19.0. The molecule has 1 aliphatic rings. The lowest BCUT2D eigenvalue weighted by molar-refractivity contribution is -0.141. The van der Waals surface area contributed by atoms with Gasteiger partial charge in [-0.25, -0.2) is 0 Å². The molecular formula is C19H26N2O4. The summed E-state index contributed by atoms with van der Waals surface area (Å²) in [7, 11) is 0. The van der Waals surface area contributed by atoms with E-state index in [9.17, 15) is 14.4 Å². The molecule has 0 heterocycles. The molecule has 2 amide bonds. The minimum Gasteiger partial charge on any atom is -0.481 e. The number of benzene rings is 1. The summed E-state index contributed by atoms with van der Waals surface area (Å²) >= 11 is 0. The second-order valence-electron chi connectivity index (χ2n) is 6.79. The molecule has 0 spiro atoms. The van der Waals surface area contributed by atoms with E-state index < -0.39 is 17.9 Å². The van der Waals surface area contributed by atoms with Gasteiger partial charge in [0, 0.05) is 23.2 Å². The van der Waals surface area contributed by atoms with Gasteiger partial charge in [-0.2, -0.15) is 0 Å². The molecule has 136 valence electrons. The Kier molecular flexibility index (Phi) is 6.56. The molecule has 2 rings (SSSR count). The summed E-state index contributed by atoms with van der Waals surface area (Å²) in [4.78, 5) is 35.6. The summed E-state index contributed by atoms with van der Waals surface area (Å²) in [5.41, 5.74) is 0.980. The lowest BCUT2D eigenvalue weighted by Crippen LogP contribution is -2.40. The van der Waals surface area contributed by atoms with E-state index in [0.29, 0.717) is 11.3 Å². The van der Waals surface area contributed by atoms with E-state index in [1.165, 1.54) is 6.42 Å². The molecular weight excluding hydrogens is 320 g/mol. The zero-order valence-corrected chi connectivity index (χ0v) is 14.7.